The standard InChI is InChI=1S/C24H42O4/c1-15-16(2)24(28,9-5-13-25)22(4)11-8-19-18(20(15)22)7-12-23(27)14-17(26)6-10-21(19,23)3/h15-20,25-28H,5-14H2,1-4H3/t15-,16+,17+,18-,19+,20+,21-,22+,23+,24+/m1/s1. The predicted octanol–water partition coefficient (Wildman–Crippen LogP) is 3.50. The lowest BCUT2D eigenvalue weighted by molar-refractivity contribution is -0.229. The zero-order chi connectivity index (χ0) is 20.5. The van der Waals surface area contributed by atoms with Crippen molar-refractivity contribution in [2.45, 2.75) is 103 Å². The minimum absolute atomic E-state index is 0.109. The third kappa shape index (κ3) is 2.50. The molecule has 4 aliphatic rings. The maximum Gasteiger partial charge on any atom is 0.0732 e. The third-order valence-electron chi connectivity index (χ3n) is 10.8. The number of hydrogen-bond acceptors (Lipinski definition) is 4. The Morgan fingerprint density at radius 3 is 2.29 bits per heavy atom. The van der Waals surface area contributed by atoms with Gasteiger partial charge in [-0.05, 0) is 91.8 Å². The van der Waals surface area contributed by atoms with Gasteiger partial charge < -0.3 is 20.4 Å². The molecule has 4 N–H and O–H groups in total. The lowest BCUT2D eigenvalue weighted by Crippen LogP contribution is -2.64. The van der Waals surface area contributed by atoms with Gasteiger partial charge in [0.15, 0.2) is 0 Å². The molecule has 28 heavy (non-hydrogen) atoms. The average Bonchev–Trinajstić information content (AvgIpc) is 2.79. The van der Waals surface area contributed by atoms with Gasteiger partial charge in [-0.15, -0.1) is 0 Å². The Morgan fingerprint density at radius 1 is 0.929 bits per heavy atom. The highest BCUT2D eigenvalue weighted by molar-refractivity contribution is 5.19. The van der Waals surface area contributed by atoms with Gasteiger partial charge in [0.2, 0.25) is 0 Å². The summed E-state index contributed by atoms with van der Waals surface area (Å²) in [4.78, 5) is 0. The van der Waals surface area contributed by atoms with Crippen LogP contribution in [0.3, 0.4) is 0 Å². The van der Waals surface area contributed by atoms with Crippen LogP contribution in [0.2, 0.25) is 0 Å². The molecule has 0 unspecified atom stereocenters. The van der Waals surface area contributed by atoms with Crippen LogP contribution in [0.4, 0.5) is 0 Å². The lowest BCUT2D eigenvalue weighted by Gasteiger charge is -2.64. The zero-order valence-electron chi connectivity index (χ0n) is 18.3. The van der Waals surface area contributed by atoms with E-state index in [1.165, 1.54) is 0 Å². The fourth-order valence-electron chi connectivity index (χ4n) is 9.08. The van der Waals surface area contributed by atoms with E-state index < -0.39 is 11.2 Å². The molecule has 0 aromatic heterocycles. The van der Waals surface area contributed by atoms with Gasteiger partial charge in [0.1, 0.15) is 0 Å². The molecule has 10 atom stereocenters. The van der Waals surface area contributed by atoms with Gasteiger partial charge in [-0.25, -0.2) is 0 Å². The first-order valence-electron chi connectivity index (χ1n) is 11.8. The van der Waals surface area contributed by atoms with Crippen molar-refractivity contribution in [1.29, 1.82) is 0 Å². The normalized spacial score (nSPS) is 58.7. The molecule has 0 aliphatic heterocycles. The van der Waals surface area contributed by atoms with Crippen LogP contribution in [0.15, 0.2) is 0 Å². The van der Waals surface area contributed by atoms with Crippen LogP contribution in [0.1, 0.15) is 85.5 Å². The van der Waals surface area contributed by atoms with Crippen LogP contribution in [0.25, 0.3) is 0 Å². The van der Waals surface area contributed by atoms with E-state index >= 15 is 0 Å². The molecular weight excluding hydrogens is 352 g/mol. The van der Waals surface area contributed by atoms with Crippen molar-refractivity contribution < 1.29 is 20.4 Å². The molecule has 4 fully saturated rings. The van der Waals surface area contributed by atoms with Crippen LogP contribution in [0.5, 0.6) is 0 Å². The number of rotatable bonds is 3. The van der Waals surface area contributed by atoms with Crippen LogP contribution < -0.4 is 0 Å². The van der Waals surface area contributed by atoms with Crippen LogP contribution in [-0.4, -0.2) is 44.3 Å². The molecule has 4 aliphatic carbocycles. The summed E-state index contributed by atoms with van der Waals surface area (Å²) in [5, 5.41) is 43.1. The molecule has 4 rings (SSSR count). The second-order valence-electron chi connectivity index (χ2n) is 11.5. The van der Waals surface area contributed by atoms with E-state index in [4.69, 9.17) is 0 Å². The summed E-state index contributed by atoms with van der Waals surface area (Å²) >= 11 is 0. The van der Waals surface area contributed by atoms with Crippen molar-refractivity contribution in [3.63, 3.8) is 0 Å². The molecule has 0 aromatic rings. The van der Waals surface area contributed by atoms with Crippen LogP contribution >= 0.6 is 0 Å². The summed E-state index contributed by atoms with van der Waals surface area (Å²) in [5.74, 6) is 2.17. The van der Waals surface area contributed by atoms with E-state index in [9.17, 15) is 20.4 Å². The van der Waals surface area contributed by atoms with Crippen LogP contribution in [-0.2, 0) is 0 Å². The maximum absolute atomic E-state index is 11.9. The summed E-state index contributed by atoms with van der Waals surface area (Å²) in [6.45, 7) is 9.31. The number of fused-ring (bicyclic) bond motifs is 5. The molecule has 0 bridgehead atoms. The van der Waals surface area contributed by atoms with E-state index in [2.05, 4.69) is 27.7 Å². The molecule has 0 spiro atoms. The largest absolute Gasteiger partial charge is 0.396 e. The number of aliphatic hydroxyl groups excluding tert-OH is 2. The second kappa shape index (κ2) is 6.67. The first-order valence-corrected chi connectivity index (χ1v) is 11.8. The van der Waals surface area contributed by atoms with E-state index in [0.717, 1.165) is 38.5 Å². The predicted molar refractivity (Wildman–Crippen MR) is 110 cm³/mol. The summed E-state index contributed by atoms with van der Waals surface area (Å²) in [5.41, 5.74) is -1.67. The van der Waals surface area contributed by atoms with E-state index in [1.807, 2.05) is 0 Å². The first-order chi connectivity index (χ1) is 13.0. The fourth-order valence-corrected chi connectivity index (χ4v) is 9.08. The molecular formula is C24H42O4. The Kier molecular flexibility index (Phi) is 5.02. The summed E-state index contributed by atoms with van der Waals surface area (Å²) < 4.78 is 0. The van der Waals surface area contributed by atoms with Crippen molar-refractivity contribution in [1.82, 2.24) is 0 Å². The minimum atomic E-state index is -0.736. The highest BCUT2D eigenvalue weighted by atomic mass is 16.3. The van der Waals surface area contributed by atoms with Gasteiger partial charge in [-0.3, -0.25) is 0 Å². The Bertz CT molecular complexity index is 609. The maximum atomic E-state index is 11.9. The minimum Gasteiger partial charge on any atom is -0.396 e. The molecule has 162 valence electrons. The molecule has 0 amide bonds. The highest BCUT2D eigenvalue weighted by Gasteiger charge is 2.70. The van der Waals surface area contributed by atoms with Crippen molar-refractivity contribution >= 4 is 0 Å². The van der Waals surface area contributed by atoms with Gasteiger partial charge >= 0.3 is 0 Å². The van der Waals surface area contributed by atoms with Crippen molar-refractivity contribution in [2.24, 2.45) is 40.4 Å². The number of hydrogen-bond donors (Lipinski definition) is 4. The molecule has 0 radical (unpaired) electrons. The average molecular weight is 395 g/mol. The highest BCUT2D eigenvalue weighted by Crippen LogP contribution is 2.71. The van der Waals surface area contributed by atoms with Crippen LogP contribution in [0, 0.1) is 40.4 Å². The zero-order valence-corrected chi connectivity index (χ0v) is 18.3. The molecule has 0 heterocycles. The fraction of sp³-hybridized carbons (Fsp3) is 1.00. The summed E-state index contributed by atoms with van der Waals surface area (Å²) in [6.07, 6.45) is 7.09. The SMILES string of the molecule is C[C@H]1[C@H]2[C@@H]3CC[C@]4(O)C[C@@H](O)CC[C@]4(C)[C@H]3CC[C@]2(C)[C@](O)(CCCO)[C@H]1C. The van der Waals surface area contributed by atoms with E-state index in [-0.39, 0.29) is 29.5 Å². The summed E-state index contributed by atoms with van der Waals surface area (Å²) in [7, 11) is 0. The Morgan fingerprint density at radius 2 is 1.61 bits per heavy atom. The third-order valence-corrected chi connectivity index (χ3v) is 10.8. The molecule has 4 heteroatoms. The van der Waals surface area contributed by atoms with Crippen molar-refractivity contribution in [3.8, 4) is 0 Å². The van der Waals surface area contributed by atoms with E-state index in [1.54, 1.807) is 0 Å². The first kappa shape index (κ1) is 21.1. The lowest BCUT2D eigenvalue weighted by atomic mass is 9.42. The van der Waals surface area contributed by atoms with E-state index in [0.29, 0.717) is 42.9 Å². The van der Waals surface area contributed by atoms with Gasteiger partial charge in [0, 0.05) is 13.0 Å². The van der Waals surface area contributed by atoms with Crippen molar-refractivity contribution in [3.05, 3.63) is 0 Å². The van der Waals surface area contributed by atoms with Crippen molar-refractivity contribution in [2.75, 3.05) is 6.61 Å². The monoisotopic (exact) mass is 394 g/mol. The Labute approximate surface area is 170 Å². The number of aliphatic hydroxyl groups is 4. The van der Waals surface area contributed by atoms with Gasteiger partial charge in [0.05, 0.1) is 17.3 Å². The molecule has 0 aromatic carbocycles. The molecule has 0 saturated heterocycles. The topological polar surface area (TPSA) is 80.9 Å². The van der Waals surface area contributed by atoms with Gasteiger partial charge in [-0.1, -0.05) is 27.7 Å². The Balaban J connectivity index is 1.69. The molecule has 4 saturated carbocycles. The second-order valence-corrected chi connectivity index (χ2v) is 11.5. The Hall–Kier alpha value is -0.160. The summed E-state index contributed by atoms with van der Waals surface area (Å²) in [6, 6.07) is 0. The van der Waals surface area contributed by atoms with Gasteiger partial charge in [-0.2, -0.15) is 0 Å². The van der Waals surface area contributed by atoms with Gasteiger partial charge in [0.25, 0.3) is 0 Å². The smallest absolute Gasteiger partial charge is 0.0732 e. The quantitative estimate of drug-likeness (QED) is 0.591. The molecule has 4 nitrogen and oxygen atoms in total.